The van der Waals surface area contributed by atoms with Gasteiger partial charge in [-0.2, -0.15) is 0 Å². The summed E-state index contributed by atoms with van der Waals surface area (Å²) in [6, 6.07) is 8.33. The lowest BCUT2D eigenvalue weighted by Gasteiger charge is -2.42. The summed E-state index contributed by atoms with van der Waals surface area (Å²) < 4.78 is 25.8. The van der Waals surface area contributed by atoms with Crippen molar-refractivity contribution in [1.29, 1.82) is 0 Å². The zero-order valence-corrected chi connectivity index (χ0v) is 22.5. The van der Waals surface area contributed by atoms with E-state index >= 15 is 4.39 Å². The first kappa shape index (κ1) is 28.6. The van der Waals surface area contributed by atoms with Gasteiger partial charge in [0.05, 0.1) is 23.8 Å². The van der Waals surface area contributed by atoms with Crippen molar-refractivity contribution in [2.24, 2.45) is 5.92 Å². The number of hydrogen-bond donors (Lipinski definition) is 1. The molecule has 3 rings (SSSR count). The number of nitrogens with zero attached hydrogens (tertiary/aromatic N) is 1. The molecule has 0 aliphatic carbocycles. The van der Waals surface area contributed by atoms with Crippen LogP contribution in [-0.4, -0.2) is 53.7 Å². The van der Waals surface area contributed by atoms with Crippen LogP contribution in [0.5, 0.6) is 0 Å². The molecule has 1 N–H and O–H groups in total. The summed E-state index contributed by atoms with van der Waals surface area (Å²) in [4.78, 5) is 39.8. The zero-order valence-electron chi connectivity index (χ0n) is 21.8. The molecule has 1 amide bonds. The molecule has 2 aromatic rings. The van der Waals surface area contributed by atoms with E-state index in [0.29, 0.717) is 31.0 Å². The Labute approximate surface area is 221 Å². The van der Waals surface area contributed by atoms with Gasteiger partial charge in [-0.1, -0.05) is 18.5 Å². The number of piperidine rings is 1. The molecule has 1 saturated heterocycles. The van der Waals surface area contributed by atoms with Gasteiger partial charge in [0.15, 0.2) is 5.78 Å². The number of methoxy groups -OCH3 is 1. The highest BCUT2D eigenvalue weighted by Gasteiger charge is 2.41. The van der Waals surface area contributed by atoms with Crippen LogP contribution in [0.15, 0.2) is 36.4 Å². The molecule has 1 aliphatic rings. The summed E-state index contributed by atoms with van der Waals surface area (Å²) in [6.07, 6.45) is 0.707. The molecule has 2 aromatic carbocycles. The van der Waals surface area contributed by atoms with E-state index in [4.69, 9.17) is 21.1 Å². The second-order valence-electron chi connectivity index (χ2n) is 10.2. The summed E-state index contributed by atoms with van der Waals surface area (Å²) in [5, 5.41) is 12.2. The van der Waals surface area contributed by atoms with E-state index in [1.165, 1.54) is 30.3 Å². The van der Waals surface area contributed by atoms with Crippen LogP contribution in [0.2, 0.25) is 5.02 Å². The summed E-state index contributed by atoms with van der Waals surface area (Å²) >= 11 is 5.90. The molecule has 1 fully saturated rings. The largest absolute Gasteiger partial charge is 0.465 e. The average molecular weight is 534 g/mol. The van der Waals surface area contributed by atoms with Gasteiger partial charge in [0, 0.05) is 23.7 Å². The Morgan fingerprint density at radius 2 is 1.70 bits per heavy atom. The van der Waals surface area contributed by atoms with Crippen molar-refractivity contribution < 1.29 is 33.4 Å². The number of likely N-dealkylation sites (tertiary alicyclic amines) is 1. The van der Waals surface area contributed by atoms with Crippen LogP contribution in [0.1, 0.15) is 78.8 Å². The third-order valence-electron chi connectivity index (χ3n) is 6.69. The fourth-order valence-electron chi connectivity index (χ4n) is 4.70. The standard InChI is InChI=1S/C28H33ClFNO6/c1-6-28(35,18-11-13-31(14-12-18)26(34)37-27(2,3)4)19-15-21(25(33)36-5)23(22(30)16-19)24(32)17-7-9-20(29)10-8-17/h7-10,15-16,18,35H,6,11-14H2,1-5H3/t28-/m0/s1. The predicted molar refractivity (Wildman–Crippen MR) is 137 cm³/mol. The third-order valence-corrected chi connectivity index (χ3v) is 6.94. The number of amides is 1. The number of ether oxygens (including phenoxy) is 2. The fourth-order valence-corrected chi connectivity index (χ4v) is 4.82. The molecule has 0 saturated carbocycles. The Morgan fingerprint density at radius 3 is 2.22 bits per heavy atom. The van der Waals surface area contributed by atoms with E-state index in [0.717, 1.165) is 13.2 Å². The summed E-state index contributed by atoms with van der Waals surface area (Å²) in [5.74, 6) is -2.85. The SMILES string of the molecule is CC[C@@](O)(c1cc(F)c(C(=O)c2ccc(Cl)cc2)c(C(=O)OC)c1)C1CCN(C(=O)OC(C)(C)C)CC1. The average Bonchev–Trinajstić information content (AvgIpc) is 2.86. The maximum Gasteiger partial charge on any atom is 0.410 e. The number of carbonyl (C=O) groups is 3. The zero-order chi connectivity index (χ0) is 27.5. The van der Waals surface area contributed by atoms with Gasteiger partial charge >= 0.3 is 12.1 Å². The number of halogens is 2. The van der Waals surface area contributed by atoms with E-state index in [1.54, 1.807) is 32.6 Å². The highest BCUT2D eigenvalue weighted by Crippen LogP contribution is 2.41. The lowest BCUT2D eigenvalue weighted by Crippen LogP contribution is -2.46. The number of rotatable bonds is 6. The Balaban J connectivity index is 1.94. The Bertz CT molecular complexity index is 1170. The highest BCUT2D eigenvalue weighted by molar-refractivity contribution is 6.30. The molecular weight excluding hydrogens is 501 g/mol. The van der Waals surface area contributed by atoms with Crippen molar-refractivity contribution in [3.63, 3.8) is 0 Å². The molecule has 1 heterocycles. The van der Waals surface area contributed by atoms with Crippen LogP contribution < -0.4 is 0 Å². The molecule has 0 spiro atoms. The van der Waals surface area contributed by atoms with Gasteiger partial charge in [0.25, 0.3) is 0 Å². The van der Waals surface area contributed by atoms with Gasteiger partial charge in [-0.25, -0.2) is 14.0 Å². The molecule has 0 bridgehead atoms. The molecule has 1 aliphatic heterocycles. The first-order valence-corrected chi connectivity index (χ1v) is 12.6. The van der Waals surface area contributed by atoms with Crippen molar-refractivity contribution in [2.75, 3.05) is 20.2 Å². The molecule has 0 aromatic heterocycles. The van der Waals surface area contributed by atoms with Gasteiger partial charge in [0.1, 0.15) is 11.4 Å². The van der Waals surface area contributed by atoms with Gasteiger partial charge in [-0.05, 0) is 87.9 Å². The number of benzene rings is 2. The minimum Gasteiger partial charge on any atom is -0.465 e. The van der Waals surface area contributed by atoms with Gasteiger partial charge < -0.3 is 19.5 Å². The Kier molecular flexibility index (Phi) is 8.65. The molecule has 1 atom stereocenters. The van der Waals surface area contributed by atoms with Crippen molar-refractivity contribution in [3.8, 4) is 0 Å². The topological polar surface area (TPSA) is 93.1 Å². The van der Waals surface area contributed by atoms with Crippen LogP contribution in [0, 0.1) is 11.7 Å². The first-order valence-electron chi connectivity index (χ1n) is 12.2. The fraction of sp³-hybridized carbons (Fsp3) is 0.464. The summed E-state index contributed by atoms with van der Waals surface area (Å²) in [5.41, 5.74) is -2.49. The molecule has 9 heteroatoms. The van der Waals surface area contributed by atoms with Crippen molar-refractivity contribution in [1.82, 2.24) is 4.90 Å². The second kappa shape index (κ2) is 11.2. The van der Waals surface area contributed by atoms with Crippen LogP contribution in [0.4, 0.5) is 9.18 Å². The van der Waals surface area contributed by atoms with Crippen molar-refractivity contribution >= 4 is 29.4 Å². The molecular formula is C28H33ClFNO6. The predicted octanol–water partition coefficient (Wildman–Crippen LogP) is 5.74. The minimum atomic E-state index is -1.49. The summed E-state index contributed by atoms with van der Waals surface area (Å²) in [7, 11) is 1.14. The quantitative estimate of drug-likeness (QED) is 0.376. The lowest BCUT2D eigenvalue weighted by atomic mass is 9.73. The lowest BCUT2D eigenvalue weighted by molar-refractivity contribution is -0.0548. The molecule has 37 heavy (non-hydrogen) atoms. The van der Waals surface area contributed by atoms with E-state index in [1.807, 2.05) is 0 Å². The number of aliphatic hydroxyl groups is 1. The molecule has 0 unspecified atom stereocenters. The number of carbonyl (C=O) groups excluding carboxylic acids is 3. The normalized spacial score (nSPS) is 16.2. The highest BCUT2D eigenvalue weighted by atomic mass is 35.5. The van der Waals surface area contributed by atoms with E-state index in [2.05, 4.69) is 0 Å². The van der Waals surface area contributed by atoms with E-state index < -0.39 is 40.4 Å². The molecule has 200 valence electrons. The second-order valence-corrected chi connectivity index (χ2v) is 10.7. The van der Waals surface area contributed by atoms with Gasteiger partial charge in [-0.15, -0.1) is 0 Å². The van der Waals surface area contributed by atoms with E-state index in [9.17, 15) is 19.5 Å². The van der Waals surface area contributed by atoms with Crippen LogP contribution >= 0.6 is 11.6 Å². The number of hydrogen-bond acceptors (Lipinski definition) is 6. The number of esters is 1. The minimum absolute atomic E-state index is 0.154. The third kappa shape index (κ3) is 6.30. The smallest absolute Gasteiger partial charge is 0.410 e. The van der Waals surface area contributed by atoms with Crippen molar-refractivity contribution in [3.05, 3.63) is 69.5 Å². The first-order chi connectivity index (χ1) is 17.3. The maximum atomic E-state index is 15.5. The molecule has 0 radical (unpaired) electrons. The Hall–Kier alpha value is -2.97. The summed E-state index contributed by atoms with van der Waals surface area (Å²) in [6.45, 7) is 7.87. The molecule has 7 nitrogen and oxygen atoms in total. The monoisotopic (exact) mass is 533 g/mol. The van der Waals surface area contributed by atoms with Gasteiger partial charge in [0.2, 0.25) is 0 Å². The maximum absolute atomic E-state index is 15.5. The number of ketones is 1. The van der Waals surface area contributed by atoms with Gasteiger partial charge in [-0.3, -0.25) is 4.79 Å². The van der Waals surface area contributed by atoms with Crippen molar-refractivity contribution in [2.45, 2.75) is 58.2 Å². The van der Waals surface area contributed by atoms with Crippen LogP contribution in [0.3, 0.4) is 0 Å². The Morgan fingerprint density at radius 1 is 1.11 bits per heavy atom. The van der Waals surface area contributed by atoms with E-state index in [-0.39, 0.29) is 29.0 Å². The van der Waals surface area contributed by atoms with Crippen LogP contribution in [0.25, 0.3) is 0 Å². The van der Waals surface area contributed by atoms with Crippen LogP contribution in [-0.2, 0) is 15.1 Å².